The lowest BCUT2D eigenvalue weighted by Gasteiger charge is -2.17. The van der Waals surface area contributed by atoms with Crippen LogP contribution in [0.25, 0.3) is 0 Å². The van der Waals surface area contributed by atoms with Crippen molar-refractivity contribution in [1.29, 1.82) is 0 Å². The molecule has 2 nitrogen and oxygen atoms in total. The molecule has 0 radical (unpaired) electrons. The molecule has 1 aromatic carbocycles. The van der Waals surface area contributed by atoms with Crippen molar-refractivity contribution >= 4 is 40.2 Å². The Morgan fingerprint density at radius 1 is 1.42 bits per heavy atom. The van der Waals surface area contributed by atoms with Gasteiger partial charge in [0.25, 0.3) is 0 Å². The highest BCUT2D eigenvalue weighted by Gasteiger charge is 2.24. The number of halogens is 1. The van der Waals surface area contributed by atoms with E-state index in [1.54, 1.807) is 0 Å². The number of anilines is 1. The smallest absolute Gasteiger partial charge is 0.105 e. The Morgan fingerprint density at radius 3 is 2.79 bits per heavy atom. The molecule has 0 spiro atoms. The van der Waals surface area contributed by atoms with E-state index in [-0.39, 0.29) is 6.04 Å². The zero-order valence-electron chi connectivity index (χ0n) is 11.5. The van der Waals surface area contributed by atoms with Crippen molar-refractivity contribution in [3.05, 3.63) is 28.8 Å². The zero-order chi connectivity index (χ0) is 14.0. The van der Waals surface area contributed by atoms with E-state index < -0.39 is 0 Å². The first-order valence-corrected chi connectivity index (χ1v) is 7.49. The minimum Gasteiger partial charge on any atom is -0.348 e. The van der Waals surface area contributed by atoms with E-state index in [0.29, 0.717) is 5.92 Å². The minimum absolute atomic E-state index is 0.0442. The van der Waals surface area contributed by atoms with Gasteiger partial charge in [-0.1, -0.05) is 51.0 Å². The molecule has 0 aromatic heterocycles. The van der Waals surface area contributed by atoms with E-state index in [9.17, 15) is 0 Å². The van der Waals surface area contributed by atoms with Gasteiger partial charge in [0.15, 0.2) is 0 Å². The van der Waals surface area contributed by atoms with Gasteiger partial charge in [0, 0.05) is 22.0 Å². The molecule has 1 aliphatic heterocycles. The van der Waals surface area contributed by atoms with Gasteiger partial charge in [-0.25, -0.2) is 0 Å². The number of benzene rings is 1. The molecule has 1 aliphatic rings. The molecule has 0 bridgehead atoms. The van der Waals surface area contributed by atoms with Crippen LogP contribution in [-0.2, 0) is 0 Å². The molecule has 0 saturated heterocycles. The lowest BCUT2D eigenvalue weighted by atomic mass is 10.0. The van der Waals surface area contributed by atoms with Crippen LogP contribution in [0.15, 0.2) is 23.2 Å². The van der Waals surface area contributed by atoms with Crippen molar-refractivity contribution in [2.24, 2.45) is 10.9 Å². The second-order valence-electron chi connectivity index (χ2n) is 5.19. The summed E-state index contributed by atoms with van der Waals surface area (Å²) < 4.78 is 0. The molecule has 1 N–H and O–H groups in total. The maximum Gasteiger partial charge on any atom is 0.105 e. The third-order valence-corrected chi connectivity index (χ3v) is 3.81. The maximum atomic E-state index is 6.12. The Morgan fingerprint density at radius 2 is 2.16 bits per heavy atom. The van der Waals surface area contributed by atoms with Gasteiger partial charge < -0.3 is 5.32 Å². The third-order valence-electron chi connectivity index (χ3n) is 3.23. The van der Waals surface area contributed by atoms with Gasteiger partial charge in [-0.2, -0.15) is 0 Å². The number of aliphatic imine (C=N–C) groups is 1. The zero-order valence-corrected chi connectivity index (χ0v) is 13.1. The summed E-state index contributed by atoms with van der Waals surface area (Å²) in [6, 6.07) is 5.89. The summed E-state index contributed by atoms with van der Waals surface area (Å²) in [7, 11) is 0. The Balaban J connectivity index is 2.53. The molecule has 0 unspecified atom stereocenters. The van der Waals surface area contributed by atoms with Gasteiger partial charge in [0.1, 0.15) is 11.0 Å². The monoisotopic (exact) mass is 294 g/mol. The van der Waals surface area contributed by atoms with Gasteiger partial charge in [-0.05, 0) is 30.5 Å². The predicted molar refractivity (Wildman–Crippen MR) is 87.7 cm³/mol. The second-order valence-corrected chi connectivity index (χ2v) is 6.07. The molecule has 1 aromatic rings. The number of fused-ring (bicyclic) bond motifs is 1. The highest BCUT2D eigenvalue weighted by Crippen LogP contribution is 2.28. The van der Waals surface area contributed by atoms with E-state index >= 15 is 0 Å². The molecule has 4 heteroatoms. The average Bonchev–Trinajstić information content (AvgIpc) is 2.48. The Hall–Kier alpha value is -0.930. The number of nitrogens with zero attached hydrogens (tertiary/aromatic N) is 1. The fourth-order valence-electron chi connectivity index (χ4n) is 2.25. The molecule has 1 atom stereocenters. The molecule has 0 aliphatic carbocycles. The lowest BCUT2D eigenvalue weighted by Crippen LogP contribution is -2.28. The molecule has 19 heavy (non-hydrogen) atoms. The Kier molecular flexibility index (Phi) is 4.58. The number of rotatable bonds is 3. The summed E-state index contributed by atoms with van der Waals surface area (Å²) in [4.78, 5) is 5.68. The third kappa shape index (κ3) is 3.15. The van der Waals surface area contributed by atoms with Crippen LogP contribution in [0.1, 0.15) is 39.2 Å². The summed E-state index contributed by atoms with van der Waals surface area (Å²) >= 11 is 11.6. The van der Waals surface area contributed by atoms with Crippen molar-refractivity contribution in [1.82, 2.24) is 0 Å². The van der Waals surface area contributed by atoms with E-state index in [1.165, 1.54) is 0 Å². The van der Waals surface area contributed by atoms with Crippen LogP contribution in [0, 0.1) is 5.92 Å². The lowest BCUT2D eigenvalue weighted by molar-refractivity contribution is 0.600. The van der Waals surface area contributed by atoms with Crippen LogP contribution in [0.4, 0.5) is 5.69 Å². The van der Waals surface area contributed by atoms with Crippen LogP contribution in [-0.4, -0.2) is 16.7 Å². The number of nitrogens with one attached hydrogen (secondary N) is 1. The normalized spacial score (nSPS) is 18.7. The van der Waals surface area contributed by atoms with E-state index in [2.05, 4.69) is 26.1 Å². The quantitative estimate of drug-likeness (QED) is 0.817. The van der Waals surface area contributed by atoms with Crippen molar-refractivity contribution in [3.8, 4) is 0 Å². The maximum absolute atomic E-state index is 6.12. The van der Waals surface area contributed by atoms with E-state index in [4.69, 9.17) is 28.8 Å². The molecule has 102 valence electrons. The predicted octanol–water partition coefficient (Wildman–Crippen LogP) is 4.71. The first-order valence-electron chi connectivity index (χ1n) is 6.70. The standard InChI is InChI=1S/C15H19ClN2S/c1-4-5-12-11-8-10(16)6-7-13(11)18-15(19)14(17-12)9(2)3/h6-9,14H,4-5H2,1-3H3,(H,18,19)/t14-/m0/s1. The SMILES string of the molecule is CCCC1=N[C@@H](C(C)C)C(=S)Nc2ccc(Cl)cc21. The second kappa shape index (κ2) is 6.02. The van der Waals surface area contributed by atoms with Crippen LogP contribution >= 0.6 is 23.8 Å². The van der Waals surface area contributed by atoms with Crippen molar-refractivity contribution in [3.63, 3.8) is 0 Å². The van der Waals surface area contributed by atoms with Gasteiger partial charge in [-0.3, -0.25) is 4.99 Å². The largest absolute Gasteiger partial charge is 0.348 e. The average molecular weight is 295 g/mol. The number of thiocarbonyl (C=S) groups is 1. The van der Waals surface area contributed by atoms with Crippen molar-refractivity contribution in [2.75, 3.05) is 5.32 Å². The first-order chi connectivity index (χ1) is 9.02. The molecular formula is C15H19ClN2S. The topological polar surface area (TPSA) is 24.4 Å². The fourth-order valence-corrected chi connectivity index (χ4v) is 2.86. The van der Waals surface area contributed by atoms with Crippen molar-refractivity contribution < 1.29 is 0 Å². The molecule has 2 rings (SSSR count). The highest BCUT2D eigenvalue weighted by atomic mass is 35.5. The molecular weight excluding hydrogens is 276 g/mol. The van der Waals surface area contributed by atoms with Crippen LogP contribution in [0.3, 0.4) is 0 Å². The van der Waals surface area contributed by atoms with Gasteiger partial charge >= 0.3 is 0 Å². The van der Waals surface area contributed by atoms with Gasteiger partial charge in [0.2, 0.25) is 0 Å². The summed E-state index contributed by atoms with van der Waals surface area (Å²) in [5, 5.41) is 4.06. The number of benzodiazepines with no additional fused rings is 1. The van der Waals surface area contributed by atoms with Crippen LogP contribution in [0.2, 0.25) is 5.02 Å². The summed E-state index contributed by atoms with van der Waals surface area (Å²) in [6.07, 6.45) is 2.00. The van der Waals surface area contributed by atoms with Gasteiger partial charge in [-0.15, -0.1) is 0 Å². The molecule has 0 saturated carbocycles. The van der Waals surface area contributed by atoms with Crippen LogP contribution < -0.4 is 5.32 Å². The highest BCUT2D eigenvalue weighted by molar-refractivity contribution is 7.80. The van der Waals surface area contributed by atoms with Gasteiger partial charge in [0.05, 0.1) is 0 Å². The Labute approximate surface area is 125 Å². The number of hydrogen-bond acceptors (Lipinski definition) is 2. The molecule has 0 fully saturated rings. The van der Waals surface area contributed by atoms with E-state index in [1.807, 2.05) is 18.2 Å². The first kappa shape index (κ1) is 14.5. The molecule has 1 heterocycles. The van der Waals surface area contributed by atoms with Crippen molar-refractivity contribution in [2.45, 2.75) is 39.7 Å². The summed E-state index contributed by atoms with van der Waals surface area (Å²) in [5.74, 6) is 0.386. The van der Waals surface area contributed by atoms with E-state index in [0.717, 1.165) is 39.8 Å². The molecule has 0 amide bonds. The Bertz CT molecular complexity index is 523. The summed E-state index contributed by atoms with van der Waals surface area (Å²) in [5.41, 5.74) is 3.20. The summed E-state index contributed by atoms with van der Waals surface area (Å²) in [6.45, 7) is 6.46. The van der Waals surface area contributed by atoms with Crippen LogP contribution in [0.5, 0.6) is 0 Å². The fraction of sp³-hybridized carbons (Fsp3) is 0.467. The minimum atomic E-state index is 0.0442. The number of hydrogen-bond donors (Lipinski definition) is 1.